The van der Waals surface area contributed by atoms with E-state index in [1.165, 1.54) is 19.3 Å². The van der Waals surface area contributed by atoms with Crippen molar-refractivity contribution >= 4 is 0 Å². The number of hydrogen-bond donors (Lipinski definition) is 0. The molecule has 0 amide bonds. The van der Waals surface area contributed by atoms with Crippen LogP contribution in [0.4, 0.5) is 8.78 Å². The quantitative estimate of drug-likeness (QED) is 0.739. The third-order valence-corrected chi connectivity index (χ3v) is 3.35. The van der Waals surface area contributed by atoms with Crippen LogP contribution in [0.15, 0.2) is 12.1 Å². The van der Waals surface area contributed by atoms with E-state index in [9.17, 15) is 8.78 Å². The Balaban J connectivity index is 2.06. The SMILES string of the molecule is C#Cc1cc(F)cc(F)c1OCC1CCCCC1. The Kier molecular flexibility index (Phi) is 4.19. The van der Waals surface area contributed by atoms with Crippen molar-refractivity contribution in [3.63, 3.8) is 0 Å². The molecule has 1 aromatic rings. The molecule has 1 aliphatic carbocycles. The number of ether oxygens (including phenoxy) is 1. The molecule has 2 rings (SSSR count). The Morgan fingerprint density at radius 2 is 1.94 bits per heavy atom. The second-order valence-electron chi connectivity index (χ2n) is 4.72. The van der Waals surface area contributed by atoms with Gasteiger partial charge in [0.1, 0.15) is 5.82 Å². The maximum absolute atomic E-state index is 13.6. The van der Waals surface area contributed by atoms with E-state index >= 15 is 0 Å². The molecule has 1 saturated carbocycles. The van der Waals surface area contributed by atoms with E-state index in [2.05, 4.69) is 5.92 Å². The van der Waals surface area contributed by atoms with Gasteiger partial charge in [0.15, 0.2) is 11.6 Å². The summed E-state index contributed by atoms with van der Waals surface area (Å²) in [6, 6.07) is 1.93. The molecular weight excluding hydrogens is 234 g/mol. The highest BCUT2D eigenvalue weighted by atomic mass is 19.1. The van der Waals surface area contributed by atoms with Crippen LogP contribution in [0, 0.1) is 29.9 Å². The minimum atomic E-state index is -0.723. The summed E-state index contributed by atoms with van der Waals surface area (Å²) in [4.78, 5) is 0. The summed E-state index contributed by atoms with van der Waals surface area (Å²) in [5, 5.41) is 0. The van der Waals surface area contributed by atoms with Gasteiger partial charge in [0, 0.05) is 6.07 Å². The van der Waals surface area contributed by atoms with E-state index < -0.39 is 11.6 Å². The van der Waals surface area contributed by atoms with Crippen molar-refractivity contribution in [3.8, 4) is 18.1 Å². The van der Waals surface area contributed by atoms with Crippen molar-refractivity contribution in [2.75, 3.05) is 6.61 Å². The van der Waals surface area contributed by atoms with Gasteiger partial charge >= 0.3 is 0 Å². The first-order valence-electron chi connectivity index (χ1n) is 6.29. The maximum atomic E-state index is 13.6. The van der Waals surface area contributed by atoms with Gasteiger partial charge in [-0.05, 0) is 24.8 Å². The summed E-state index contributed by atoms with van der Waals surface area (Å²) < 4.78 is 32.1. The Hall–Kier alpha value is -1.56. The van der Waals surface area contributed by atoms with Crippen LogP contribution in [0.3, 0.4) is 0 Å². The smallest absolute Gasteiger partial charge is 0.170 e. The average molecular weight is 250 g/mol. The van der Waals surface area contributed by atoms with Gasteiger partial charge in [-0.25, -0.2) is 8.78 Å². The lowest BCUT2D eigenvalue weighted by Gasteiger charge is -2.22. The molecule has 0 N–H and O–H groups in total. The number of benzene rings is 1. The van der Waals surface area contributed by atoms with Crippen LogP contribution >= 0.6 is 0 Å². The van der Waals surface area contributed by atoms with Crippen molar-refractivity contribution in [1.29, 1.82) is 0 Å². The molecule has 1 aromatic carbocycles. The molecule has 0 spiro atoms. The highest BCUT2D eigenvalue weighted by Crippen LogP contribution is 2.27. The Bertz CT molecular complexity index is 456. The molecule has 3 heteroatoms. The van der Waals surface area contributed by atoms with E-state index in [4.69, 9.17) is 11.2 Å². The van der Waals surface area contributed by atoms with E-state index in [1.807, 2.05) is 0 Å². The minimum Gasteiger partial charge on any atom is -0.489 e. The fourth-order valence-corrected chi connectivity index (χ4v) is 2.37. The van der Waals surface area contributed by atoms with Crippen molar-refractivity contribution in [2.45, 2.75) is 32.1 Å². The molecule has 0 saturated heterocycles. The second kappa shape index (κ2) is 5.86. The summed E-state index contributed by atoms with van der Waals surface area (Å²) in [6.45, 7) is 0.456. The lowest BCUT2D eigenvalue weighted by atomic mass is 9.90. The van der Waals surface area contributed by atoms with Gasteiger partial charge in [-0.3, -0.25) is 0 Å². The lowest BCUT2D eigenvalue weighted by molar-refractivity contribution is 0.201. The molecule has 0 radical (unpaired) electrons. The monoisotopic (exact) mass is 250 g/mol. The number of rotatable bonds is 3. The predicted molar refractivity (Wildman–Crippen MR) is 66.4 cm³/mol. The topological polar surface area (TPSA) is 9.23 Å². The molecule has 0 heterocycles. The van der Waals surface area contributed by atoms with E-state index in [1.54, 1.807) is 0 Å². The Labute approximate surface area is 106 Å². The summed E-state index contributed by atoms with van der Waals surface area (Å²) in [6.07, 6.45) is 11.1. The summed E-state index contributed by atoms with van der Waals surface area (Å²) in [5.41, 5.74) is 0.142. The first-order valence-corrected chi connectivity index (χ1v) is 6.29. The zero-order chi connectivity index (χ0) is 13.0. The molecule has 96 valence electrons. The molecule has 1 fully saturated rings. The zero-order valence-electron chi connectivity index (χ0n) is 10.2. The lowest BCUT2D eigenvalue weighted by Crippen LogP contribution is -2.16. The first kappa shape index (κ1) is 12.9. The number of terminal acetylenes is 1. The molecule has 18 heavy (non-hydrogen) atoms. The van der Waals surface area contributed by atoms with Crippen molar-refractivity contribution in [2.24, 2.45) is 5.92 Å². The van der Waals surface area contributed by atoms with Gasteiger partial charge in [0.25, 0.3) is 0 Å². The summed E-state index contributed by atoms with van der Waals surface area (Å²) >= 11 is 0. The molecule has 0 atom stereocenters. The number of halogens is 2. The van der Waals surface area contributed by atoms with Gasteiger partial charge in [-0.1, -0.05) is 25.2 Å². The van der Waals surface area contributed by atoms with Crippen LogP contribution in [-0.2, 0) is 0 Å². The highest BCUT2D eigenvalue weighted by molar-refractivity contribution is 5.46. The highest BCUT2D eigenvalue weighted by Gasteiger charge is 2.17. The van der Waals surface area contributed by atoms with Gasteiger partial charge in [0.2, 0.25) is 0 Å². The van der Waals surface area contributed by atoms with Crippen molar-refractivity contribution < 1.29 is 13.5 Å². The molecule has 0 unspecified atom stereocenters. The normalized spacial score (nSPS) is 16.3. The van der Waals surface area contributed by atoms with E-state index in [0.717, 1.165) is 25.0 Å². The minimum absolute atomic E-state index is 0.00414. The van der Waals surface area contributed by atoms with Crippen LogP contribution in [-0.4, -0.2) is 6.61 Å². The fraction of sp³-hybridized carbons (Fsp3) is 0.467. The Morgan fingerprint density at radius 1 is 1.22 bits per heavy atom. The average Bonchev–Trinajstić information content (AvgIpc) is 2.38. The molecule has 0 aromatic heterocycles. The summed E-state index contributed by atoms with van der Waals surface area (Å²) in [5.74, 6) is 1.32. The fourth-order valence-electron chi connectivity index (χ4n) is 2.37. The van der Waals surface area contributed by atoms with Gasteiger partial charge in [-0.15, -0.1) is 6.42 Å². The van der Waals surface area contributed by atoms with Crippen molar-refractivity contribution in [3.05, 3.63) is 29.3 Å². The van der Waals surface area contributed by atoms with Gasteiger partial charge in [-0.2, -0.15) is 0 Å². The molecule has 1 aliphatic rings. The van der Waals surface area contributed by atoms with E-state index in [-0.39, 0.29) is 11.3 Å². The van der Waals surface area contributed by atoms with Gasteiger partial charge in [0.05, 0.1) is 12.2 Å². The standard InChI is InChI=1S/C15H16F2O/c1-2-12-8-13(16)9-14(17)15(12)18-10-11-6-4-3-5-7-11/h1,8-9,11H,3-7,10H2. The van der Waals surface area contributed by atoms with Crippen LogP contribution < -0.4 is 4.74 Å². The third kappa shape index (κ3) is 3.01. The van der Waals surface area contributed by atoms with Crippen LogP contribution in [0.5, 0.6) is 5.75 Å². The molecule has 0 aliphatic heterocycles. The molecule has 0 bridgehead atoms. The predicted octanol–water partition coefficient (Wildman–Crippen LogP) is 3.91. The van der Waals surface area contributed by atoms with Crippen LogP contribution in [0.25, 0.3) is 0 Å². The maximum Gasteiger partial charge on any atom is 0.170 e. The first-order chi connectivity index (χ1) is 8.70. The summed E-state index contributed by atoms with van der Waals surface area (Å²) in [7, 11) is 0. The Morgan fingerprint density at radius 3 is 2.61 bits per heavy atom. The largest absolute Gasteiger partial charge is 0.489 e. The van der Waals surface area contributed by atoms with E-state index in [0.29, 0.717) is 12.5 Å². The van der Waals surface area contributed by atoms with Crippen molar-refractivity contribution in [1.82, 2.24) is 0 Å². The third-order valence-electron chi connectivity index (χ3n) is 3.35. The zero-order valence-corrected chi connectivity index (χ0v) is 10.2. The van der Waals surface area contributed by atoms with Gasteiger partial charge < -0.3 is 4.74 Å². The number of hydrogen-bond acceptors (Lipinski definition) is 1. The second-order valence-corrected chi connectivity index (χ2v) is 4.72. The van der Waals surface area contributed by atoms with Crippen LogP contribution in [0.2, 0.25) is 0 Å². The molecule has 1 nitrogen and oxygen atoms in total. The molecular formula is C15H16F2O. The van der Waals surface area contributed by atoms with Crippen LogP contribution in [0.1, 0.15) is 37.7 Å².